The van der Waals surface area contributed by atoms with Crippen molar-refractivity contribution >= 4 is 0 Å². The zero-order valence-corrected chi connectivity index (χ0v) is 16.9. The van der Waals surface area contributed by atoms with Crippen molar-refractivity contribution in [2.24, 2.45) is 0 Å². The summed E-state index contributed by atoms with van der Waals surface area (Å²) in [5.41, 5.74) is 3.42. The fourth-order valence-corrected chi connectivity index (χ4v) is 3.96. The fraction of sp³-hybridized carbons (Fsp3) is 0.391. The van der Waals surface area contributed by atoms with Gasteiger partial charge >= 0.3 is 0 Å². The Morgan fingerprint density at radius 3 is 2.46 bits per heavy atom. The van der Waals surface area contributed by atoms with Crippen LogP contribution in [0.2, 0.25) is 0 Å². The summed E-state index contributed by atoms with van der Waals surface area (Å²) in [5, 5.41) is 4.96. The van der Waals surface area contributed by atoms with Crippen LogP contribution in [0.5, 0.6) is 5.75 Å². The second kappa shape index (κ2) is 8.15. The molecule has 0 spiro atoms. The van der Waals surface area contributed by atoms with E-state index in [9.17, 15) is 0 Å². The summed E-state index contributed by atoms with van der Waals surface area (Å²) in [7, 11) is 5.86. The molecule has 1 aromatic heterocycles. The molecule has 28 heavy (non-hydrogen) atoms. The van der Waals surface area contributed by atoms with Gasteiger partial charge < -0.3 is 9.64 Å². The minimum absolute atomic E-state index is 0.434. The summed E-state index contributed by atoms with van der Waals surface area (Å²) in [6, 6.07) is 17.1. The van der Waals surface area contributed by atoms with Gasteiger partial charge in [0, 0.05) is 17.7 Å². The highest BCUT2D eigenvalue weighted by atomic mass is 16.5. The summed E-state index contributed by atoms with van der Waals surface area (Å²) in [5.74, 6) is 2.60. The van der Waals surface area contributed by atoms with E-state index in [1.165, 1.54) is 31.2 Å². The first-order valence-electron chi connectivity index (χ1n) is 9.99. The van der Waals surface area contributed by atoms with Crippen molar-refractivity contribution in [2.75, 3.05) is 21.2 Å². The lowest BCUT2D eigenvalue weighted by atomic mass is 10.1. The van der Waals surface area contributed by atoms with Crippen LogP contribution in [-0.4, -0.2) is 40.9 Å². The van der Waals surface area contributed by atoms with Gasteiger partial charge in [0.2, 0.25) is 0 Å². The van der Waals surface area contributed by atoms with Gasteiger partial charge in [0.05, 0.1) is 13.2 Å². The average molecular weight is 377 g/mol. The maximum Gasteiger partial charge on any atom is 0.181 e. The molecule has 0 saturated heterocycles. The van der Waals surface area contributed by atoms with Gasteiger partial charge in [-0.1, -0.05) is 31.0 Å². The molecular weight excluding hydrogens is 348 g/mol. The predicted molar refractivity (Wildman–Crippen MR) is 112 cm³/mol. The monoisotopic (exact) mass is 376 g/mol. The Morgan fingerprint density at radius 1 is 1.04 bits per heavy atom. The van der Waals surface area contributed by atoms with Crippen molar-refractivity contribution in [3.63, 3.8) is 0 Å². The first kappa shape index (κ1) is 18.7. The Morgan fingerprint density at radius 2 is 1.79 bits per heavy atom. The topological polar surface area (TPSA) is 43.2 Å². The quantitative estimate of drug-likeness (QED) is 0.620. The van der Waals surface area contributed by atoms with Crippen LogP contribution >= 0.6 is 0 Å². The molecule has 5 heteroatoms. The van der Waals surface area contributed by atoms with Gasteiger partial charge in [-0.2, -0.15) is 5.10 Å². The number of methoxy groups -OCH3 is 1. The highest BCUT2D eigenvalue weighted by Crippen LogP contribution is 2.34. The van der Waals surface area contributed by atoms with E-state index in [0.717, 1.165) is 35.1 Å². The van der Waals surface area contributed by atoms with E-state index in [-0.39, 0.29) is 0 Å². The number of rotatable bonds is 6. The Labute approximate surface area is 167 Å². The van der Waals surface area contributed by atoms with Gasteiger partial charge in [-0.3, -0.25) is 0 Å². The Balaban J connectivity index is 1.74. The summed E-state index contributed by atoms with van der Waals surface area (Å²) >= 11 is 0. The van der Waals surface area contributed by atoms with Crippen molar-refractivity contribution < 1.29 is 4.74 Å². The van der Waals surface area contributed by atoms with E-state index in [4.69, 9.17) is 14.8 Å². The molecule has 1 saturated carbocycles. The van der Waals surface area contributed by atoms with Crippen LogP contribution < -0.4 is 4.74 Å². The molecule has 146 valence electrons. The van der Waals surface area contributed by atoms with Crippen molar-refractivity contribution in [1.82, 2.24) is 19.7 Å². The summed E-state index contributed by atoms with van der Waals surface area (Å²) in [6.45, 7) is 0.905. The second-order valence-electron chi connectivity index (χ2n) is 7.81. The lowest BCUT2D eigenvalue weighted by Crippen LogP contribution is -2.10. The number of ether oxygens (including phenoxy) is 1. The van der Waals surface area contributed by atoms with E-state index >= 15 is 0 Å². The normalized spacial score (nSPS) is 14.7. The van der Waals surface area contributed by atoms with Crippen LogP contribution in [0.3, 0.4) is 0 Å². The molecule has 4 rings (SSSR count). The Hall–Kier alpha value is -2.66. The van der Waals surface area contributed by atoms with Crippen molar-refractivity contribution in [1.29, 1.82) is 0 Å². The standard InChI is InChI=1S/C23H28N4O/c1-26(2)16-17-7-6-8-19(15-17)22-24-23(18-11-13-21(28-3)14-12-18)27(25-22)20-9-4-5-10-20/h6-8,11-15,20H,4-5,9-10,16H2,1-3H3. The molecule has 5 nitrogen and oxygen atoms in total. The largest absolute Gasteiger partial charge is 0.497 e. The summed E-state index contributed by atoms with van der Waals surface area (Å²) in [6.07, 6.45) is 4.87. The van der Waals surface area contributed by atoms with E-state index in [1.807, 2.05) is 12.1 Å². The van der Waals surface area contributed by atoms with Gasteiger partial charge in [-0.25, -0.2) is 9.67 Å². The number of nitrogens with zero attached hydrogens (tertiary/aromatic N) is 4. The number of aromatic nitrogens is 3. The lowest BCUT2D eigenvalue weighted by molar-refractivity contribution is 0.402. The molecule has 0 radical (unpaired) electrons. The fourth-order valence-electron chi connectivity index (χ4n) is 3.96. The third-order valence-corrected chi connectivity index (χ3v) is 5.33. The zero-order valence-electron chi connectivity index (χ0n) is 16.9. The van der Waals surface area contributed by atoms with Gasteiger partial charge in [0.25, 0.3) is 0 Å². The first-order chi connectivity index (χ1) is 13.6. The molecule has 1 aliphatic rings. The molecule has 1 heterocycles. The van der Waals surface area contributed by atoms with Crippen LogP contribution in [0.1, 0.15) is 37.3 Å². The second-order valence-corrected chi connectivity index (χ2v) is 7.81. The van der Waals surface area contributed by atoms with E-state index < -0.39 is 0 Å². The summed E-state index contributed by atoms with van der Waals surface area (Å²) in [4.78, 5) is 7.14. The highest BCUT2D eigenvalue weighted by Gasteiger charge is 2.23. The van der Waals surface area contributed by atoms with Crippen molar-refractivity contribution in [3.8, 4) is 28.5 Å². The molecule has 0 N–H and O–H groups in total. The maximum atomic E-state index is 5.31. The van der Waals surface area contributed by atoms with Gasteiger partial charge in [-0.05, 0) is 62.8 Å². The van der Waals surface area contributed by atoms with Crippen LogP contribution in [-0.2, 0) is 6.54 Å². The smallest absolute Gasteiger partial charge is 0.181 e. The first-order valence-corrected chi connectivity index (χ1v) is 9.99. The highest BCUT2D eigenvalue weighted by molar-refractivity contribution is 5.63. The number of benzene rings is 2. The van der Waals surface area contributed by atoms with E-state index in [2.05, 4.69) is 60.1 Å². The SMILES string of the molecule is COc1ccc(-c2nc(-c3cccc(CN(C)C)c3)nn2C2CCCC2)cc1. The lowest BCUT2D eigenvalue weighted by Gasteiger charge is -2.13. The third-order valence-electron chi connectivity index (χ3n) is 5.33. The van der Waals surface area contributed by atoms with Crippen molar-refractivity contribution in [3.05, 3.63) is 54.1 Å². The molecule has 3 aromatic rings. The van der Waals surface area contributed by atoms with Crippen molar-refractivity contribution in [2.45, 2.75) is 38.3 Å². The van der Waals surface area contributed by atoms with E-state index in [0.29, 0.717) is 6.04 Å². The number of hydrogen-bond donors (Lipinski definition) is 0. The van der Waals surface area contributed by atoms with Crippen LogP contribution in [0, 0.1) is 0 Å². The Kier molecular flexibility index (Phi) is 5.44. The predicted octanol–water partition coefficient (Wildman–Crippen LogP) is 4.80. The van der Waals surface area contributed by atoms with Crippen LogP contribution in [0.25, 0.3) is 22.8 Å². The molecular formula is C23H28N4O. The molecule has 1 fully saturated rings. The molecule has 2 aromatic carbocycles. The zero-order chi connectivity index (χ0) is 19.5. The molecule has 0 atom stereocenters. The Bertz CT molecular complexity index is 924. The van der Waals surface area contributed by atoms with E-state index in [1.54, 1.807) is 7.11 Å². The molecule has 0 bridgehead atoms. The maximum absolute atomic E-state index is 5.31. The van der Waals surface area contributed by atoms with Gasteiger partial charge in [-0.15, -0.1) is 0 Å². The average Bonchev–Trinajstić information content (AvgIpc) is 3.37. The molecule has 0 amide bonds. The molecule has 0 unspecified atom stereocenters. The summed E-state index contributed by atoms with van der Waals surface area (Å²) < 4.78 is 7.46. The van der Waals surface area contributed by atoms with Gasteiger partial charge in [0.1, 0.15) is 5.75 Å². The minimum Gasteiger partial charge on any atom is -0.497 e. The molecule has 0 aliphatic heterocycles. The number of hydrogen-bond acceptors (Lipinski definition) is 4. The molecule has 1 aliphatic carbocycles. The van der Waals surface area contributed by atoms with Crippen LogP contribution in [0.15, 0.2) is 48.5 Å². The minimum atomic E-state index is 0.434. The van der Waals surface area contributed by atoms with Gasteiger partial charge in [0.15, 0.2) is 11.6 Å². The van der Waals surface area contributed by atoms with Crippen LogP contribution in [0.4, 0.5) is 0 Å². The third kappa shape index (κ3) is 3.94.